The van der Waals surface area contributed by atoms with Gasteiger partial charge in [-0.25, -0.2) is 4.39 Å². The second kappa shape index (κ2) is 8.63. The third kappa shape index (κ3) is 3.97. The normalized spacial score (nSPS) is 19.8. The summed E-state index contributed by atoms with van der Waals surface area (Å²) in [6, 6.07) is 7.79. The van der Waals surface area contributed by atoms with Gasteiger partial charge in [-0.2, -0.15) is 0 Å². The number of rotatable bonds is 5. The van der Waals surface area contributed by atoms with Crippen molar-refractivity contribution in [1.82, 2.24) is 4.57 Å². The van der Waals surface area contributed by atoms with Crippen LogP contribution >= 0.6 is 0 Å². The van der Waals surface area contributed by atoms with E-state index in [4.69, 9.17) is 9.47 Å². The Morgan fingerprint density at radius 3 is 2.40 bits per heavy atom. The Morgan fingerprint density at radius 2 is 1.80 bits per heavy atom. The Hall–Kier alpha value is -2.00. The molecule has 0 amide bonds. The SMILES string of the molecule is CC[S+]([O-])c1c(C(=O)c2ccc(F)cc2)ccc(=O)n1C1CCC2(CC1)OCCO2. The summed E-state index contributed by atoms with van der Waals surface area (Å²) in [5.41, 5.74) is 0.220. The van der Waals surface area contributed by atoms with E-state index >= 15 is 0 Å². The van der Waals surface area contributed by atoms with Gasteiger partial charge in [0.2, 0.25) is 5.03 Å². The van der Waals surface area contributed by atoms with Crippen molar-refractivity contribution in [2.75, 3.05) is 19.0 Å². The van der Waals surface area contributed by atoms with Gasteiger partial charge in [0.15, 0.2) is 11.6 Å². The first-order valence-corrected chi connectivity index (χ1v) is 11.5. The van der Waals surface area contributed by atoms with Crippen LogP contribution in [-0.4, -0.2) is 39.7 Å². The number of carbonyl (C=O) groups excluding carboxylic acids is 1. The second-order valence-corrected chi connectivity index (χ2v) is 9.22. The molecule has 160 valence electrons. The summed E-state index contributed by atoms with van der Waals surface area (Å²) in [7, 11) is 0. The lowest BCUT2D eigenvalue weighted by molar-refractivity contribution is -0.181. The van der Waals surface area contributed by atoms with Crippen LogP contribution in [0.4, 0.5) is 4.39 Å². The Balaban J connectivity index is 1.73. The van der Waals surface area contributed by atoms with Crippen molar-refractivity contribution in [2.45, 2.75) is 49.5 Å². The number of hydrogen-bond acceptors (Lipinski definition) is 5. The number of nitrogens with zero attached hydrogens (tertiary/aromatic N) is 1. The van der Waals surface area contributed by atoms with E-state index in [0.717, 1.165) is 0 Å². The van der Waals surface area contributed by atoms with Crippen molar-refractivity contribution in [2.24, 2.45) is 0 Å². The summed E-state index contributed by atoms with van der Waals surface area (Å²) in [5, 5.41) is 0.244. The van der Waals surface area contributed by atoms with Crippen LogP contribution < -0.4 is 5.56 Å². The molecule has 1 aliphatic heterocycles. The summed E-state index contributed by atoms with van der Waals surface area (Å²) < 4.78 is 39.3. The molecule has 1 aliphatic carbocycles. The van der Waals surface area contributed by atoms with Crippen LogP contribution in [0.5, 0.6) is 0 Å². The van der Waals surface area contributed by atoms with Crippen molar-refractivity contribution < 1.29 is 23.2 Å². The zero-order valence-corrected chi connectivity index (χ0v) is 17.6. The molecule has 1 saturated carbocycles. The highest BCUT2D eigenvalue weighted by Gasteiger charge is 2.42. The average Bonchev–Trinajstić information content (AvgIpc) is 3.22. The molecular formula is C22H24FNO5S. The minimum atomic E-state index is -1.53. The topological polar surface area (TPSA) is 80.6 Å². The van der Waals surface area contributed by atoms with Gasteiger partial charge in [-0.3, -0.25) is 14.2 Å². The van der Waals surface area contributed by atoms with Crippen molar-refractivity contribution in [1.29, 1.82) is 0 Å². The molecule has 1 aromatic heterocycles. The molecule has 6 nitrogen and oxygen atoms in total. The fraction of sp³-hybridized carbons (Fsp3) is 0.455. The number of aromatic nitrogens is 1. The molecule has 1 saturated heterocycles. The van der Waals surface area contributed by atoms with E-state index in [1.54, 1.807) is 6.92 Å². The standard InChI is InChI=1S/C22H24FNO5S/c1-2-30(27)21-18(20(26)15-3-5-16(23)6-4-15)7-8-19(25)24(21)17-9-11-22(12-10-17)28-13-14-29-22/h3-8,17H,2,9-14H2,1H3. The maximum atomic E-state index is 13.3. The summed E-state index contributed by atoms with van der Waals surface area (Å²) >= 11 is -1.53. The van der Waals surface area contributed by atoms with Gasteiger partial charge in [-0.1, -0.05) is 0 Å². The van der Waals surface area contributed by atoms with E-state index in [1.807, 2.05) is 0 Å². The maximum Gasteiger partial charge on any atom is 0.254 e. The summed E-state index contributed by atoms with van der Waals surface area (Å²) in [4.78, 5) is 26.0. The van der Waals surface area contributed by atoms with Crippen LogP contribution in [0.25, 0.3) is 0 Å². The monoisotopic (exact) mass is 433 g/mol. The molecule has 2 heterocycles. The number of ketones is 1. The van der Waals surface area contributed by atoms with Crippen molar-refractivity contribution >= 4 is 17.0 Å². The van der Waals surface area contributed by atoms with Gasteiger partial charge in [-0.15, -0.1) is 0 Å². The average molecular weight is 434 g/mol. The summed E-state index contributed by atoms with van der Waals surface area (Å²) in [5.74, 6) is -1.13. The Kier molecular flexibility index (Phi) is 6.11. The molecule has 1 spiro atoms. The number of ether oxygens (including phenoxy) is 2. The van der Waals surface area contributed by atoms with E-state index < -0.39 is 22.8 Å². The minimum absolute atomic E-state index is 0.192. The zero-order valence-electron chi connectivity index (χ0n) is 16.8. The van der Waals surface area contributed by atoms with Crippen LogP contribution in [0.1, 0.15) is 54.6 Å². The van der Waals surface area contributed by atoms with Gasteiger partial charge in [0.05, 0.1) is 18.8 Å². The molecule has 0 bridgehead atoms. The predicted octanol–water partition coefficient (Wildman–Crippen LogP) is 3.20. The molecule has 4 rings (SSSR count). The Morgan fingerprint density at radius 1 is 1.17 bits per heavy atom. The molecule has 2 fully saturated rings. The first kappa shape index (κ1) is 21.2. The largest absolute Gasteiger partial charge is 0.610 e. The Labute approximate surface area is 177 Å². The van der Waals surface area contributed by atoms with Gasteiger partial charge >= 0.3 is 0 Å². The minimum Gasteiger partial charge on any atom is -0.610 e. The lowest BCUT2D eigenvalue weighted by Crippen LogP contribution is -2.39. The number of benzene rings is 1. The molecule has 30 heavy (non-hydrogen) atoms. The maximum absolute atomic E-state index is 13.3. The van der Waals surface area contributed by atoms with Gasteiger partial charge < -0.3 is 14.0 Å². The predicted molar refractivity (Wildman–Crippen MR) is 110 cm³/mol. The molecule has 1 unspecified atom stereocenters. The molecule has 2 aromatic rings. The second-order valence-electron chi connectivity index (χ2n) is 7.57. The highest BCUT2D eigenvalue weighted by atomic mass is 32.2. The number of carbonyl (C=O) groups is 1. The number of halogens is 1. The zero-order chi connectivity index (χ0) is 21.3. The summed E-state index contributed by atoms with van der Waals surface area (Å²) in [6.07, 6.45) is 2.53. The van der Waals surface area contributed by atoms with Crippen molar-refractivity contribution in [3.63, 3.8) is 0 Å². The first-order chi connectivity index (χ1) is 14.4. The van der Waals surface area contributed by atoms with E-state index in [2.05, 4.69) is 0 Å². The van der Waals surface area contributed by atoms with Crippen LogP contribution in [0, 0.1) is 5.82 Å². The molecule has 0 N–H and O–H groups in total. The molecule has 1 atom stereocenters. The van der Waals surface area contributed by atoms with Crippen molar-refractivity contribution in [3.05, 3.63) is 63.7 Å². The first-order valence-electron chi connectivity index (χ1n) is 10.2. The van der Waals surface area contributed by atoms with Crippen LogP contribution in [0.2, 0.25) is 0 Å². The lowest BCUT2D eigenvalue weighted by Gasteiger charge is -2.36. The van der Waals surface area contributed by atoms with Crippen LogP contribution in [0.15, 0.2) is 46.2 Å². The fourth-order valence-electron chi connectivity index (χ4n) is 4.27. The fourth-order valence-corrected chi connectivity index (χ4v) is 5.40. The van der Waals surface area contributed by atoms with E-state index in [1.165, 1.54) is 41.0 Å². The molecular weight excluding hydrogens is 409 g/mol. The third-order valence-corrected chi connectivity index (χ3v) is 7.18. The van der Waals surface area contributed by atoms with E-state index in [-0.39, 0.29) is 39.3 Å². The number of hydrogen-bond donors (Lipinski definition) is 0. The summed E-state index contributed by atoms with van der Waals surface area (Å²) in [6.45, 7) is 2.88. The van der Waals surface area contributed by atoms with Gasteiger partial charge in [0.1, 0.15) is 11.6 Å². The van der Waals surface area contributed by atoms with E-state index in [9.17, 15) is 18.5 Å². The highest BCUT2D eigenvalue weighted by molar-refractivity contribution is 7.91. The van der Waals surface area contributed by atoms with Gasteiger partial charge in [0, 0.05) is 41.7 Å². The molecule has 0 radical (unpaired) electrons. The van der Waals surface area contributed by atoms with E-state index in [0.29, 0.717) is 38.9 Å². The van der Waals surface area contributed by atoms with Crippen LogP contribution in [-0.2, 0) is 20.6 Å². The number of pyridine rings is 1. The molecule has 1 aromatic carbocycles. The van der Waals surface area contributed by atoms with Crippen LogP contribution in [0.3, 0.4) is 0 Å². The lowest BCUT2D eigenvalue weighted by atomic mass is 9.89. The third-order valence-electron chi connectivity index (χ3n) is 5.80. The highest BCUT2D eigenvalue weighted by Crippen LogP contribution is 2.40. The quantitative estimate of drug-likeness (QED) is 0.534. The molecule has 2 aliphatic rings. The van der Waals surface area contributed by atoms with Gasteiger partial charge in [0.25, 0.3) is 5.56 Å². The molecule has 8 heteroatoms. The van der Waals surface area contributed by atoms with Gasteiger partial charge in [-0.05, 0) is 50.1 Å². The smallest absolute Gasteiger partial charge is 0.254 e. The Bertz CT molecular complexity index is 974. The van der Waals surface area contributed by atoms with Crippen molar-refractivity contribution in [3.8, 4) is 0 Å².